The maximum atomic E-state index is 11.6. The molecule has 1 spiro atoms. The number of carboxylic acids is 1. The molecule has 0 radical (unpaired) electrons. The van der Waals surface area contributed by atoms with Crippen LogP contribution in [-0.2, 0) is 14.8 Å². The number of hydrogen-bond acceptors (Lipinski definition) is 4. The van der Waals surface area contributed by atoms with Crippen LogP contribution in [0.25, 0.3) is 0 Å². The zero-order valence-electron chi connectivity index (χ0n) is 11.8. The largest absolute Gasteiger partial charge is 0.481 e. The van der Waals surface area contributed by atoms with E-state index < -0.39 is 16.0 Å². The van der Waals surface area contributed by atoms with Crippen LogP contribution in [0.15, 0.2) is 0 Å². The molecule has 1 saturated carbocycles. The third-order valence-electron chi connectivity index (χ3n) is 5.36. The van der Waals surface area contributed by atoms with Crippen molar-refractivity contribution in [3.8, 4) is 0 Å². The van der Waals surface area contributed by atoms with Gasteiger partial charge in [-0.3, -0.25) is 9.69 Å². The zero-order chi connectivity index (χ0) is 14.6. The Bertz CT molecular complexity index is 520. The first kappa shape index (κ1) is 14.3. The lowest BCUT2D eigenvalue weighted by Gasteiger charge is -2.60. The Morgan fingerprint density at radius 2 is 1.85 bits per heavy atom. The minimum atomic E-state index is -3.09. The molecule has 3 rings (SSSR count). The summed E-state index contributed by atoms with van der Waals surface area (Å²) >= 11 is 0. The molecule has 0 aromatic heterocycles. The van der Waals surface area contributed by atoms with E-state index in [2.05, 4.69) is 4.90 Å². The Hall–Kier alpha value is -0.660. The Labute approximate surface area is 119 Å². The molecule has 2 aliphatic heterocycles. The highest BCUT2D eigenvalue weighted by atomic mass is 32.2. The van der Waals surface area contributed by atoms with Gasteiger partial charge in [-0.05, 0) is 25.7 Å². The summed E-state index contributed by atoms with van der Waals surface area (Å²) in [6.07, 6.45) is 5.42. The minimum Gasteiger partial charge on any atom is -0.481 e. The fraction of sp³-hybridized carbons (Fsp3) is 0.923. The molecule has 0 atom stereocenters. The van der Waals surface area contributed by atoms with E-state index in [-0.39, 0.29) is 17.4 Å². The van der Waals surface area contributed by atoms with Gasteiger partial charge in [0.05, 0.1) is 12.7 Å². The lowest BCUT2D eigenvalue weighted by atomic mass is 9.67. The standard InChI is InChI=1S/C13H22N2O4S/c1-20(18,19)15-6-5-12(10-15)8-14(9-12)13(3-2-4-13)7-11(16)17/h2-10H2,1H3,(H,16,17). The molecule has 6 nitrogen and oxygen atoms in total. The fourth-order valence-electron chi connectivity index (χ4n) is 4.01. The summed E-state index contributed by atoms with van der Waals surface area (Å²) in [4.78, 5) is 13.3. The van der Waals surface area contributed by atoms with E-state index in [1.165, 1.54) is 6.26 Å². The van der Waals surface area contributed by atoms with Gasteiger partial charge < -0.3 is 5.11 Å². The SMILES string of the molecule is CS(=O)(=O)N1CCC2(CN(C3(CC(=O)O)CCC3)C2)C1. The first-order chi connectivity index (χ1) is 9.25. The van der Waals surface area contributed by atoms with Gasteiger partial charge >= 0.3 is 5.97 Å². The van der Waals surface area contributed by atoms with Crippen LogP contribution in [0.2, 0.25) is 0 Å². The number of rotatable bonds is 4. The molecule has 2 heterocycles. The van der Waals surface area contributed by atoms with Crippen LogP contribution in [0.1, 0.15) is 32.1 Å². The molecular formula is C13H22N2O4S. The molecule has 0 unspecified atom stereocenters. The van der Waals surface area contributed by atoms with Gasteiger partial charge in [-0.15, -0.1) is 0 Å². The van der Waals surface area contributed by atoms with Crippen LogP contribution in [0.4, 0.5) is 0 Å². The second-order valence-corrected chi connectivity index (χ2v) is 8.83. The Kier molecular flexibility index (Phi) is 3.15. The van der Waals surface area contributed by atoms with E-state index in [1.807, 2.05) is 0 Å². The summed E-state index contributed by atoms with van der Waals surface area (Å²) in [6, 6.07) is 0. The second kappa shape index (κ2) is 4.42. The maximum absolute atomic E-state index is 11.6. The van der Waals surface area contributed by atoms with E-state index in [1.54, 1.807) is 4.31 Å². The van der Waals surface area contributed by atoms with E-state index in [0.717, 1.165) is 38.8 Å². The Morgan fingerprint density at radius 3 is 2.25 bits per heavy atom. The number of aliphatic carboxylic acids is 1. The number of sulfonamides is 1. The molecule has 3 fully saturated rings. The van der Waals surface area contributed by atoms with Gasteiger partial charge in [-0.2, -0.15) is 0 Å². The van der Waals surface area contributed by atoms with Crippen molar-refractivity contribution in [1.29, 1.82) is 0 Å². The van der Waals surface area contributed by atoms with Crippen LogP contribution < -0.4 is 0 Å². The summed E-state index contributed by atoms with van der Waals surface area (Å²) in [5.74, 6) is -0.727. The van der Waals surface area contributed by atoms with E-state index in [0.29, 0.717) is 13.1 Å². The average molecular weight is 302 g/mol. The zero-order valence-corrected chi connectivity index (χ0v) is 12.7. The van der Waals surface area contributed by atoms with Crippen molar-refractivity contribution in [2.24, 2.45) is 5.41 Å². The number of hydrogen-bond donors (Lipinski definition) is 1. The van der Waals surface area contributed by atoms with Gasteiger partial charge in [-0.1, -0.05) is 0 Å². The predicted molar refractivity (Wildman–Crippen MR) is 73.9 cm³/mol. The van der Waals surface area contributed by atoms with Gasteiger partial charge in [0.2, 0.25) is 10.0 Å². The van der Waals surface area contributed by atoms with Gasteiger partial charge in [0.1, 0.15) is 0 Å². The number of likely N-dealkylation sites (tertiary alicyclic amines) is 1. The van der Waals surface area contributed by atoms with Crippen molar-refractivity contribution in [3.05, 3.63) is 0 Å². The fourth-order valence-corrected chi connectivity index (χ4v) is 4.94. The lowest BCUT2D eigenvalue weighted by Crippen LogP contribution is -2.68. The molecule has 0 aromatic carbocycles. The molecule has 3 aliphatic rings. The van der Waals surface area contributed by atoms with Crippen molar-refractivity contribution in [2.45, 2.75) is 37.6 Å². The highest BCUT2D eigenvalue weighted by molar-refractivity contribution is 7.88. The molecule has 0 aromatic rings. The smallest absolute Gasteiger partial charge is 0.305 e. The number of carboxylic acid groups (broad SMARTS) is 1. The first-order valence-corrected chi connectivity index (χ1v) is 9.02. The summed E-state index contributed by atoms with van der Waals surface area (Å²) < 4.78 is 24.7. The molecule has 7 heteroatoms. The lowest BCUT2D eigenvalue weighted by molar-refractivity contribution is -0.151. The molecular weight excluding hydrogens is 280 g/mol. The molecule has 114 valence electrons. The highest BCUT2D eigenvalue weighted by Crippen LogP contribution is 2.50. The molecule has 20 heavy (non-hydrogen) atoms. The topological polar surface area (TPSA) is 77.9 Å². The van der Waals surface area contributed by atoms with Gasteiger partial charge in [0.25, 0.3) is 0 Å². The highest BCUT2D eigenvalue weighted by Gasteiger charge is 2.56. The third kappa shape index (κ3) is 2.25. The summed E-state index contributed by atoms with van der Waals surface area (Å²) in [5.41, 5.74) is -0.0697. The van der Waals surface area contributed by atoms with Gasteiger partial charge in [0, 0.05) is 37.1 Å². The molecule has 0 amide bonds. The van der Waals surface area contributed by atoms with Gasteiger partial charge in [-0.25, -0.2) is 12.7 Å². The molecule has 2 saturated heterocycles. The van der Waals surface area contributed by atoms with Crippen LogP contribution in [0.3, 0.4) is 0 Å². The maximum Gasteiger partial charge on any atom is 0.305 e. The molecule has 1 aliphatic carbocycles. The van der Waals surface area contributed by atoms with Crippen LogP contribution in [0, 0.1) is 5.41 Å². The van der Waals surface area contributed by atoms with Crippen molar-refractivity contribution >= 4 is 16.0 Å². The van der Waals surface area contributed by atoms with E-state index in [4.69, 9.17) is 5.11 Å². The average Bonchev–Trinajstić information content (AvgIpc) is 2.65. The predicted octanol–water partition coefficient (Wildman–Crippen LogP) is 0.351. The molecule has 0 bridgehead atoms. The van der Waals surface area contributed by atoms with E-state index >= 15 is 0 Å². The van der Waals surface area contributed by atoms with Crippen LogP contribution >= 0.6 is 0 Å². The number of nitrogens with zero attached hydrogens (tertiary/aromatic N) is 2. The third-order valence-corrected chi connectivity index (χ3v) is 6.61. The van der Waals surface area contributed by atoms with Crippen molar-refractivity contribution in [1.82, 2.24) is 9.21 Å². The summed E-state index contributed by atoms with van der Waals surface area (Å²) in [7, 11) is -3.09. The summed E-state index contributed by atoms with van der Waals surface area (Å²) in [5, 5.41) is 9.07. The second-order valence-electron chi connectivity index (χ2n) is 6.85. The van der Waals surface area contributed by atoms with Crippen LogP contribution in [0.5, 0.6) is 0 Å². The van der Waals surface area contributed by atoms with Crippen molar-refractivity contribution < 1.29 is 18.3 Å². The molecule has 1 N–H and O–H groups in total. The number of carbonyl (C=O) groups is 1. The Morgan fingerprint density at radius 1 is 1.20 bits per heavy atom. The first-order valence-electron chi connectivity index (χ1n) is 7.17. The van der Waals surface area contributed by atoms with E-state index in [9.17, 15) is 13.2 Å². The van der Waals surface area contributed by atoms with Crippen molar-refractivity contribution in [3.63, 3.8) is 0 Å². The minimum absolute atomic E-state index is 0.0736. The van der Waals surface area contributed by atoms with Crippen LogP contribution in [-0.4, -0.2) is 66.7 Å². The summed E-state index contributed by atoms with van der Waals surface area (Å²) in [6.45, 7) is 2.92. The normalized spacial score (nSPS) is 29.1. The van der Waals surface area contributed by atoms with Gasteiger partial charge in [0.15, 0.2) is 0 Å². The monoisotopic (exact) mass is 302 g/mol. The van der Waals surface area contributed by atoms with Crippen molar-refractivity contribution in [2.75, 3.05) is 32.4 Å². The Balaban J connectivity index is 1.63. The quantitative estimate of drug-likeness (QED) is 0.811.